The number of nitrogens with zero attached hydrogens (tertiary/aromatic N) is 5. The van der Waals surface area contributed by atoms with E-state index in [4.69, 9.17) is 0 Å². The summed E-state index contributed by atoms with van der Waals surface area (Å²) in [5, 5.41) is 12.3. The number of nitrogens with one attached hydrogen (secondary N) is 2. The number of sulfone groups is 1. The fourth-order valence-corrected chi connectivity index (χ4v) is 9.14. The van der Waals surface area contributed by atoms with Crippen molar-refractivity contribution in [3.05, 3.63) is 101 Å². The quantitative estimate of drug-likeness (QED) is 0.226. The minimum Gasteiger partial charge on any atom is -0.345 e. The van der Waals surface area contributed by atoms with E-state index < -0.39 is 64.0 Å². The molecule has 0 spiro atoms. The second kappa shape index (κ2) is 11.0. The van der Waals surface area contributed by atoms with Gasteiger partial charge >= 0.3 is 0 Å². The molecular formula is C30H24F3N7O5S2. The maximum atomic E-state index is 15.8. The highest BCUT2D eigenvalue weighted by Crippen LogP contribution is 2.43. The lowest BCUT2D eigenvalue weighted by Gasteiger charge is -2.29. The predicted octanol–water partition coefficient (Wildman–Crippen LogP) is 4.57. The van der Waals surface area contributed by atoms with Crippen LogP contribution in [0.25, 0.3) is 11.0 Å². The van der Waals surface area contributed by atoms with Crippen molar-refractivity contribution in [2.75, 3.05) is 4.72 Å². The van der Waals surface area contributed by atoms with Crippen LogP contribution in [-0.4, -0.2) is 53.8 Å². The summed E-state index contributed by atoms with van der Waals surface area (Å²) in [6, 6.07) is 6.77. The molecule has 0 saturated carbocycles. The van der Waals surface area contributed by atoms with Crippen molar-refractivity contribution in [2.24, 2.45) is 17.3 Å². The summed E-state index contributed by atoms with van der Waals surface area (Å²) in [6.07, 6.45) is 3.78. The van der Waals surface area contributed by atoms with Gasteiger partial charge in [0, 0.05) is 42.2 Å². The van der Waals surface area contributed by atoms with E-state index in [0.29, 0.717) is 12.1 Å². The average molecular weight is 684 g/mol. The van der Waals surface area contributed by atoms with E-state index in [9.17, 15) is 26.0 Å². The molecule has 2 aromatic carbocycles. The molecule has 0 unspecified atom stereocenters. The molecule has 242 valence electrons. The van der Waals surface area contributed by atoms with Crippen LogP contribution in [0.1, 0.15) is 41.0 Å². The van der Waals surface area contributed by atoms with Gasteiger partial charge in [0.25, 0.3) is 10.0 Å². The largest absolute Gasteiger partial charge is 0.345 e. The molecule has 1 aliphatic heterocycles. The smallest absolute Gasteiger partial charge is 0.262 e. The second-order valence-electron chi connectivity index (χ2n) is 10.8. The summed E-state index contributed by atoms with van der Waals surface area (Å²) < 4.78 is 100. The van der Waals surface area contributed by atoms with Gasteiger partial charge in [0.05, 0.1) is 33.3 Å². The Labute approximate surface area is 266 Å². The summed E-state index contributed by atoms with van der Waals surface area (Å²) in [4.78, 5) is 20.2. The predicted molar refractivity (Wildman–Crippen MR) is 166 cm³/mol. The van der Waals surface area contributed by atoms with Crippen LogP contribution in [0.3, 0.4) is 0 Å². The zero-order chi connectivity index (χ0) is 34.1. The number of hydrogen-bond acceptors (Lipinski definition) is 9. The van der Waals surface area contributed by atoms with Gasteiger partial charge in [-0.25, -0.2) is 35.0 Å². The number of pyridine rings is 1. The Morgan fingerprint density at radius 3 is 2.32 bits per heavy atom. The molecule has 12 nitrogen and oxygen atoms in total. The molecule has 47 heavy (non-hydrogen) atoms. The number of fused-ring (bicyclic) bond motifs is 1. The van der Waals surface area contributed by atoms with Crippen LogP contribution in [0, 0.1) is 24.4 Å². The zero-order valence-corrected chi connectivity index (χ0v) is 26.6. The standard InChI is InChI=1S/C30H24F3N7O5S2/c1-15-25(14-40(4)38-15)46(42,43)30(16(2)36-37-17(30)3)18-10-21-22(13-35-29(21)34-12-18)28(41)26-23(32)8-9-24(27(26)33)39-47(44,45)20-7-5-6-19(31)11-20/h5-14,39H,1-4H3,(H,34,35). The van der Waals surface area contributed by atoms with Crippen molar-refractivity contribution >= 4 is 53.8 Å². The highest BCUT2D eigenvalue weighted by atomic mass is 32.2. The number of halogens is 3. The maximum absolute atomic E-state index is 15.8. The summed E-state index contributed by atoms with van der Waals surface area (Å²) in [5.74, 6) is -4.88. The van der Waals surface area contributed by atoms with E-state index in [2.05, 4.69) is 25.3 Å². The van der Waals surface area contributed by atoms with Gasteiger partial charge in [-0.2, -0.15) is 15.3 Å². The monoisotopic (exact) mass is 683 g/mol. The maximum Gasteiger partial charge on any atom is 0.262 e. The number of hydrogen-bond donors (Lipinski definition) is 2. The molecule has 6 rings (SSSR count). The number of carbonyl (C=O) groups is 1. The van der Waals surface area contributed by atoms with Crippen molar-refractivity contribution in [1.29, 1.82) is 0 Å². The minimum absolute atomic E-state index is 0.0158. The number of aromatic amines is 1. The third kappa shape index (κ3) is 4.84. The van der Waals surface area contributed by atoms with E-state index in [-0.39, 0.29) is 44.2 Å². The van der Waals surface area contributed by atoms with E-state index >= 15 is 8.78 Å². The number of aromatic nitrogens is 4. The normalized spacial score (nSPS) is 14.7. The molecule has 2 N–H and O–H groups in total. The number of ketones is 1. The van der Waals surface area contributed by atoms with E-state index in [1.54, 1.807) is 7.05 Å². The minimum atomic E-state index is -4.54. The molecule has 0 saturated heterocycles. The SMILES string of the molecule is CC1=NN=C(C)C1(c1cnc2[nH]cc(C(=O)c3c(F)ccc(NS(=O)(=O)c4cccc(F)c4)c3F)c2c1)S(=O)(=O)c1cn(C)nc1C. The van der Waals surface area contributed by atoms with Gasteiger partial charge < -0.3 is 4.98 Å². The van der Waals surface area contributed by atoms with Gasteiger partial charge in [-0.05, 0) is 57.2 Å². The van der Waals surface area contributed by atoms with Crippen molar-refractivity contribution in [3.63, 3.8) is 0 Å². The zero-order valence-electron chi connectivity index (χ0n) is 25.0. The molecule has 0 bridgehead atoms. The van der Waals surface area contributed by atoms with E-state index in [0.717, 1.165) is 30.5 Å². The number of benzene rings is 2. The van der Waals surface area contributed by atoms with Gasteiger partial charge in [0.1, 0.15) is 22.2 Å². The second-order valence-corrected chi connectivity index (χ2v) is 14.5. The Morgan fingerprint density at radius 1 is 0.979 bits per heavy atom. The van der Waals surface area contributed by atoms with Crippen LogP contribution in [-0.2, 0) is 31.7 Å². The number of rotatable bonds is 8. The molecule has 0 aliphatic carbocycles. The average Bonchev–Trinajstić information content (AvgIpc) is 3.68. The molecule has 5 aromatic rings. The summed E-state index contributed by atoms with van der Waals surface area (Å²) >= 11 is 0. The van der Waals surface area contributed by atoms with Crippen molar-refractivity contribution in [1.82, 2.24) is 19.7 Å². The molecule has 0 amide bonds. The van der Waals surface area contributed by atoms with Crippen LogP contribution < -0.4 is 4.72 Å². The third-order valence-electron chi connectivity index (χ3n) is 7.88. The first-order valence-corrected chi connectivity index (χ1v) is 16.7. The molecule has 1 aliphatic rings. The van der Waals surface area contributed by atoms with Crippen molar-refractivity contribution in [2.45, 2.75) is 35.3 Å². The summed E-state index contributed by atoms with van der Waals surface area (Å²) in [5.41, 5.74) is -1.59. The first kappa shape index (κ1) is 31.8. The fraction of sp³-hybridized carbons (Fsp3) is 0.167. The summed E-state index contributed by atoms with van der Waals surface area (Å²) in [7, 11) is -7.32. The van der Waals surface area contributed by atoms with Gasteiger partial charge in [-0.1, -0.05) is 6.07 Å². The lowest BCUT2D eigenvalue weighted by molar-refractivity contribution is 0.103. The number of H-pyrrole nitrogens is 1. The fourth-order valence-electron chi connectivity index (χ4n) is 5.72. The molecule has 3 aromatic heterocycles. The Hall–Kier alpha value is -5.16. The topological polar surface area (TPSA) is 169 Å². The lowest BCUT2D eigenvalue weighted by Crippen LogP contribution is -2.46. The number of anilines is 1. The Bertz CT molecular complexity index is 2420. The molecule has 0 radical (unpaired) electrons. The number of carbonyl (C=O) groups excluding carboxylic acids is 1. The van der Waals surface area contributed by atoms with Crippen molar-refractivity contribution < 1.29 is 34.8 Å². The van der Waals surface area contributed by atoms with Crippen LogP contribution in [0.4, 0.5) is 18.9 Å². The van der Waals surface area contributed by atoms with E-state index in [1.165, 1.54) is 43.9 Å². The van der Waals surface area contributed by atoms with Gasteiger partial charge in [-0.15, -0.1) is 0 Å². The van der Waals surface area contributed by atoms with Crippen LogP contribution >= 0.6 is 0 Å². The first-order chi connectivity index (χ1) is 22.1. The highest BCUT2D eigenvalue weighted by Gasteiger charge is 2.55. The number of sulfonamides is 1. The van der Waals surface area contributed by atoms with Gasteiger partial charge in [-0.3, -0.25) is 14.2 Å². The van der Waals surface area contributed by atoms with Gasteiger partial charge in [0.2, 0.25) is 15.6 Å². The van der Waals surface area contributed by atoms with Gasteiger partial charge in [0.15, 0.2) is 10.6 Å². The van der Waals surface area contributed by atoms with Crippen LogP contribution in [0.2, 0.25) is 0 Å². The summed E-state index contributed by atoms with van der Waals surface area (Å²) in [6.45, 7) is 4.50. The van der Waals surface area contributed by atoms with Crippen LogP contribution in [0.5, 0.6) is 0 Å². The third-order valence-corrected chi connectivity index (χ3v) is 11.9. The Balaban J connectivity index is 1.48. The van der Waals surface area contributed by atoms with E-state index in [1.807, 2.05) is 4.72 Å². The molecule has 17 heteroatoms. The molecule has 0 atom stereocenters. The molecule has 4 heterocycles. The molecule has 0 fully saturated rings. The Kier molecular flexibility index (Phi) is 7.43. The highest BCUT2D eigenvalue weighted by molar-refractivity contribution is 7.94. The molecular weight excluding hydrogens is 660 g/mol. The lowest BCUT2D eigenvalue weighted by atomic mass is 9.90. The Morgan fingerprint density at radius 2 is 1.68 bits per heavy atom. The van der Waals surface area contributed by atoms with Crippen LogP contribution in [0.15, 0.2) is 81.0 Å². The number of aryl methyl sites for hydroxylation is 2. The van der Waals surface area contributed by atoms with Crippen molar-refractivity contribution in [3.8, 4) is 0 Å². The first-order valence-electron chi connectivity index (χ1n) is 13.7.